The molecule has 0 heterocycles. The number of nitrogens with zero attached hydrogens (tertiary/aromatic N) is 1. The van der Waals surface area contributed by atoms with Crippen LogP contribution in [0.5, 0.6) is 0 Å². The van der Waals surface area contributed by atoms with E-state index in [1.807, 2.05) is 24.3 Å². The second-order valence-corrected chi connectivity index (χ2v) is 4.74. The average Bonchev–Trinajstić information content (AvgIpc) is 2.43. The van der Waals surface area contributed by atoms with Crippen LogP contribution >= 0.6 is 11.6 Å². The maximum atomic E-state index is 11.5. The molecule has 0 aliphatic rings. The number of carbonyl (C=O) groups excluding carboxylic acids is 2. The van der Waals surface area contributed by atoms with E-state index in [1.54, 1.807) is 4.90 Å². The SMILES string of the molecule is COC(=O)NCCN(CCc1ccc(Cl)cc1)C(C)=O. The first-order valence-corrected chi connectivity index (χ1v) is 6.72. The Morgan fingerprint density at radius 1 is 1.25 bits per heavy atom. The fourth-order valence-corrected chi connectivity index (χ4v) is 1.83. The largest absolute Gasteiger partial charge is 0.453 e. The fraction of sp³-hybridized carbons (Fsp3) is 0.429. The summed E-state index contributed by atoms with van der Waals surface area (Å²) in [5, 5.41) is 3.24. The molecule has 5 nitrogen and oxygen atoms in total. The van der Waals surface area contributed by atoms with Crippen molar-refractivity contribution < 1.29 is 14.3 Å². The Bertz CT molecular complexity index is 448. The summed E-state index contributed by atoms with van der Waals surface area (Å²) in [5.41, 5.74) is 1.11. The van der Waals surface area contributed by atoms with Crippen LogP contribution in [0, 0.1) is 0 Å². The molecule has 0 saturated heterocycles. The molecule has 0 aliphatic carbocycles. The quantitative estimate of drug-likeness (QED) is 0.875. The summed E-state index contributed by atoms with van der Waals surface area (Å²) in [6, 6.07) is 7.53. The molecule has 0 fully saturated rings. The minimum atomic E-state index is -0.494. The van der Waals surface area contributed by atoms with E-state index in [9.17, 15) is 9.59 Å². The van der Waals surface area contributed by atoms with E-state index < -0.39 is 6.09 Å². The van der Waals surface area contributed by atoms with Crippen molar-refractivity contribution in [1.29, 1.82) is 0 Å². The molecule has 0 aliphatic heterocycles. The normalized spacial score (nSPS) is 9.95. The molecule has 1 rings (SSSR count). The van der Waals surface area contributed by atoms with Gasteiger partial charge in [-0.05, 0) is 24.1 Å². The maximum absolute atomic E-state index is 11.5. The third-order valence-electron chi connectivity index (χ3n) is 2.87. The first-order chi connectivity index (χ1) is 9.52. The van der Waals surface area contributed by atoms with E-state index in [0.29, 0.717) is 24.7 Å². The zero-order chi connectivity index (χ0) is 15.0. The Kier molecular flexibility index (Phi) is 6.87. The van der Waals surface area contributed by atoms with Gasteiger partial charge < -0.3 is 15.0 Å². The molecule has 0 saturated carbocycles. The molecule has 2 amide bonds. The summed E-state index contributed by atoms with van der Waals surface area (Å²) in [6.45, 7) is 2.94. The predicted octanol–water partition coefficient (Wildman–Crippen LogP) is 2.09. The van der Waals surface area contributed by atoms with Gasteiger partial charge in [-0.15, -0.1) is 0 Å². The van der Waals surface area contributed by atoms with Crippen molar-refractivity contribution in [3.63, 3.8) is 0 Å². The van der Waals surface area contributed by atoms with Crippen molar-refractivity contribution in [2.75, 3.05) is 26.7 Å². The van der Waals surface area contributed by atoms with Crippen molar-refractivity contribution >= 4 is 23.6 Å². The summed E-state index contributed by atoms with van der Waals surface area (Å²) < 4.78 is 4.47. The third kappa shape index (κ3) is 5.93. The summed E-state index contributed by atoms with van der Waals surface area (Å²) >= 11 is 5.82. The lowest BCUT2D eigenvalue weighted by molar-refractivity contribution is -0.128. The fourth-order valence-electron chi connectivity index (χ4n) is 1.71. The van der Waals surface area contributed by atoms with Gasteiger partial charge >= 0.3 is 6.09 Å². The second-order valence-electron chi connectivity index (χ2n) is 4.30. The van der Waals surface area contributed by atoms with Crippen molar-refractivity contribution in [3.05, 3.63) is 34.9 Å². The number of methoxy groups -OCH3 is 1. The van der Waals surface area contributed by atoms with Crippen LogP contribution in [0.15, 0.2) is 24.3 Å². The zero-order valence-electron chi connectivity index (χ0n) is 11.7. The van der Waals surface area contributed by atoms with E-state index in [-0.39, 0.29) is 5.91 Å². The van der Waals surface area contributed by atoms with Crippen molar-refractivity contribution in [2.45, 2.75) is 13.3 Å². The van der Waals surface area contributed by atoms with Gasteiger partial charge in [0.2, 0.25) is 5.91 Å². The molecule has 1 aromatic carbocycles. The summed E-state index contributed by atoms with van der Waals surface area (Å²) in [5.74, 6) is -0.0226. The number of hydrogen-bond acceptors (Lipinski definition) is 3. The molecule has 1 N–H and O–H groups in total. The predicted molar refractivity (Wildman–Crippen MR) is 77.8 cm³/mol. The molecule has 1 aromatic rings. The smallest absolute Gasteiger partial charge is 0.406 e. The van der Waals surface area contributed by atoms with Crippen molar-refractivity contribution in [2.24, 2.45) is 0 Å². The molecule has 110 valence electrons. The molecule has 0 bridgehead atoms. The van der Waals surface area contributed by atoms with Crippen LogP contribution in [0.1, 0.15) is 12.5 Å². The molecular formula is C14H19ClN2O3. The number of ether oxygens (including phenoxy) is 1. The van der Waals surface area contributed by atoms with Gasteiger partial charge in [-0.3, -0.25) is 4.79 Å². The molecule has 20 heavy (non-hydrogen) atoms. The van der Waals surface area contributed by atoms with Gasteiger partial charge in [0.05, 0.1) is 7.11 Å². The van der Waals surface area contributed by atoms with Gasteiger partial charge in [-0.2, -0.15) is 0 Å². The van der Waals surface area contributed by atoms with E-state index >= 15 is 0 Å². The number of halogens is 1. The third-order valence-corrected chi connectivity index (χ3v) is 3.12. The lowest BCUT2D eigenvalue weighted by Crippen LogP contribution is -2.38. The number of carbonyl (C=O) groups is 2. The Labute approximate surface area is 123 Å². The molecule has 0 atom stereocenters. The number of benzene rings is 1. The van der Waals surface area contributed by atoms with Gasteiger partial charge in [0.25, 0.3) is 0 Å². The lowest BCUT2D eigenvalue weighted by Gasteiger charge is -2.21. The van der Waals surface area contributed by atoms with Gasteiger partial charge in [0.15, 0.2) is 0 Å². The molecule has 6 heteroatoms. The number of hydrogen-bond donors (Lipinski definition) is 1. The van der Waals surface area contributed by atoms with E-state index in [2.05, 4.69) is 10.1 Å². The zero-order valence-corrected chi connectivity index (χ0v) is 12.4. The average molecular weight is 299 g/mol. The van der Waals surface area contributed by atoms with Crippen molar-refractivity contribution in [3.8, 4) is 0 Å². The van der Waals surface area contributed by atoms with E-state index in [1.165, 1.54) is 14.0 Å². The number of amides is 2. The Morgan fingerprint density at radius 3 is 2.45 bits per heavy atom. The summed E-state index contributed by atoms with van der Waals surface area (Å²) in [6.07, 6.45) is 0.251. The minimum Gasteiger partial charge on any atom is -0.453 e. The van der Waals surface area contributed by atoms with Crippen LogP contribution in [-0.4, -0.2) is 43.6 Å². The van der Waals surface area contributed by atoms with Crippen LogP contribution < -0.4 is 5.32 Å². The Balaban J connectivity index is 2.41. The van der Waals surface area contributed by atoms with Crippen LogP contribution in [0.2, 0.25) is 5.02 Å². The van der Waals surface area contributed by atoms with Crippen LogP contribution in [0.25, 0.3) is 0 Å². The maximum Gasteiger partial charge on any atom is 0.406 e. The molecular weight excluding hydrogens is 280 g/mol. The van der Waals surface area contributed by atoms with Crippen LogP contribution in [-0.2, 0) is 16.0 Å². The Morgan fingerprint density at radius 2 is 1.90 bits per heavy atom. The molecule has 0 spiro atoms. The number of alkyl carbamates (subject to hydrolysis) is 1. The molecule has 0 aromatic heterocycles. The second kappa shape index (κ2) is 8.43. The van der Waals surface area contributed by atoms with Gasteiger partial charge in [-0.25, -0.2) is 4.79 Å². The molecule has 0 radical (unpaired) electrons. The monoisotopic (exact) mass is 298 g/mol. The summed E-state index contributed by atoms with van der Waals surface area (Å²) in [7, 11) is 1.30. The Hall–Kier alpha value is -1.75. The standard InChI is InChI=1S/C14H19ClN2O3/c1-11(18)17(10-8-16-14(19)20-2)9-7-12-3-5-13(15)6-4-12/h3-6H,7-10H2,1-2H3,(H,16,19). The minimum absolute atomic E-state index is 0.0226. The first kappa shape index (κ1) is 16.3. The lowest BCUT2D eigenvalue weighted by atomic mass is 10.1. The van der Waals surface area contributed by atoms with Crippen molar-refractivity contribution in [1.82, 2.24) is 10.2 Å². The highest BCUT2D eigenvalue weighted by Crippen LogP contribution is 2.10. The van der Waals surface area contributed by atoms with Crippen LogP contribution in [0.4, 0.5) is 4.79 Å². The van der Waals surface area contributed by atoms with E-state index in [4.69, 9.17) is 11.6 Å². The van der Waals surface area contributed by atoms with Crippen LogP contribution in [0.3, 0.4) is 0 Å². The highest BCUT2D eigenvalue weighted by molar-refractivity contribution is 6.30. The summed E-state index contributed by atoms with van der Waals surface area (Å²) in [4.78, 5) is 24.1. The van der Waals surface area contributed by atoms with Gasteiger partial charge in [0, 0.05) is 31.6 Å². The first-order valence-electron chi connectivity index (χ1n) is 6.34. The molecule has 0 unspecified atom stereocenters. The number of rotatable bonds is 6. The van der Waals surface area contributed by atoms with E-state index in [0.717, 1.165) is 12.0 Å². The number of nitrogens with one attached hydrogen (secondary N) is 1. The van der Waals surface area contributed by atoms with Gasteiger partial charge in [0.1, 0.15) is 0 Å². The topological polar surface area (TPSA) is 58.6 Å². The van der Waals surface area contributed by atoms with Gasteiger partial charge in [-0.1, -0.05) is 23.7 Å². The highest BCUT2D eigenvalue weighted by atomic mass is 35.5. The highest BCUT2D eigenvalue weighted by Gasteiger charge is 2.09.